The maximum atomic E-state index is 12.7. The Bertz CT molecular complexity index is 748. The van der Waals surface area contributed by atoms with Crippen molar-refractivity contribution in [1.82, 2.24) is 19.9 Å². The molecule has 142 valence electrons. The van der Waals surface area contributed by atoms with Crippen molar-refractivity contribution < 1.29 is 9.53 Å². The van der Waals surface area contributed by atoms with E-state index < -0.39 is 0 Å². The van der Waals surface area contributed by atoms with E-state index in [0.717, 1.165) is 55.6 Å². The first-order valence-corrected chi connectivity index (χ1v) is 9.83. The van der Waals surface area contributed by atoms with Crippen molar-refractivity contribution in [2.45, 2.75) is 77.9 Å². The number of rotatable bonds is 7. The zero-order valence-corrected chi connectivity index (χ0v) is 16.1. The van der Waals surface area contributed by atoms with Gasteiger partial charge in [0, 0.05) is 12.6 Å². The van der Waals surface area contributed by atoms with E-state index in [4.69, 9.17) is 4.74 Å². The molecule has 0 saturated heterocycles. The summed E-state index contributed by atoms with van der Waals surface area (Å²) in [7, 11) is 0. The summed E-state index contributed by atoms with van der Waals surface area (Å²) in [5, 5.41) is 7.60. The lowest BCUT2D eigenvalue weighted by Gasteiger charge is -2.29. The van der Waals surface area contributed by atoms with Gasteiger partial charge in [-0.05, 0) is 57.6 Å². The molecular formula is C20H30N4O2. The second-order valence-electron chi connectivity index (χ2n) is 7.37. The Labute approximate surface area is 155 Å². The molecule has 0 unspecified atom stereocenters. The Morgan fingerprint density at radius 1 is 1.27 bits per heavy atom. The number of hydrogen-bond donors (Lipinski definition) is 1. The number of fused-ring (bicyclic) bond motifs is 1. The highest BCUT2D eigenvalue weighted by atomic mass is 16.5. The molecule has 2 aromatic rings. The van der Waals surface area contributed by atoms with E-state index in [1.54, 1.807) is 10.7 Å². The first kappa shape index (κ1) is 18.8. The number of imidazole rings is 1. The summed E-state index contributed by atoms with van der Waals surface area (Å²) in [6, 6.07) is 2.18. The van der Waals surface area contributed by atoms with E-state index in [1.165, 1.54) is 12.8 Å². The number of ether oxygens (including phenoxy) is 1. The first-order valence-electron chi connectivity index (χ1n) is 9.83. The van der Waals surface area contributed by atoms with Gasteiger partial charge in [0.1, 0.15) is 5.69 Å². The largest absolute Gasteiger partial charge is 0.378 e. The van der Waals surface area contributed by atoms with Crippen LogP contribution in [0.25, 0.3) is 5.65 Å². The molecule has 0 aliphatic heterocycles. The fourth-order valence-corrected chi connectivity index (χ4v) is 3.67. The van der Waals surface area contributed by atoms with Crippen molar-refractivity contribution in [2.75, 3.05) is 6.61 Å². The van der Waals surface area contributed by atoms with Gasteiger partial charge in [-0.3, -0.25) is 4.79 Å². The Kier molecular flexibility index (Phi) is 6.25. The molecule has 1 aliphatic rings. The summed E-state index contributed by atoms with van der Waals surface area (Å²) in [6.45, 7) is 6.98. The third-order valence-electron chi connectivity index (χ3n) is 5.12. The molecule has 1 amide bonds. The monoisotopic (exact) mass is 358 g/mol. The van der Waals surface area contributed by atoms with E-state index in [9.17, 15) is 4.79 Å². The SMILES string of the molecule is CCCCCOC1CCC(NC(=O)c2cnc3c(C)cc(C)nn23)CC1. The second-order valence-corrected chi connectivity index (χ2v) is 7.37. The van der Waals surface area contributed by atoms with E-state index in [2.05, 4.69) is 22.3 Å². The van der Waals surface area contributed by atoms with E-state index in [1.807, 2.05) is 19.9 Å². The Balaban J connectivity index is 1.53. The number of nitrogens with zero attached hydrogens (tertiary/aromatic N) is 3. The molecule has 0 aromatic carbocycles. The number of carbonyl (C=O) groups excluding carboxylic acids is 1. The van der Waals surface area contributed by atoms with Crippen LogP contribution < -0.4 is 5.32 Å². The van der Waals surface area contributed by atoms with Crippen LogP contribution >= 0.6 is 0 Å². The molecule has 1 aliphatic carbocycles. The van der Waals surface area contributed by atoms with Gasteiger partial charge in [-0.25, -0.2) is 9.50 Å². The average molecular weight is 358 g/mol. The number of hydrogen-bond acceptors (Lipinski definition) is 4. The molecule has 0 atom stereocenters. The molecule has 1 N–H and O–H groups in total. The van der Waals surface area contributed by atoms with Gasteiger partial charge in [0.05, 0.1) is 18.0 Å². The minimum absolute atomic E-state index is 0.0951. The van der Waals surface area contributed by atoms with E-state index >= 15 is 0 Å². The van der Waals surface area contributed by atoms with Gasteiger partial charge in [0.15, 0.2) is 5.65 Å². The van der Waals surface area contributed by atoms with Crippen LogP contribution in [0, 0.1) is 13.8 Å². The third-order valence-corrected chi connectivity index (χ3v) is 5.12. The predicted octanol–water partition coefficient (Wildman–Crippen LogP) is 3.59. The van der Waals surface area contributed by atoms with Gasteiger partial charge in [-0.15, -0.1) is 0 Å². The fourth-order valence-electron chi connectivity index (χ4n) is 3.67. The maximum Gasteiger partial charge on any atom is 0.271 e. The molecule has 0 spiro atoms. The van der Waals surface area contributed by atoms with Crippen molar-refractivity contribution in [3.05, 3.63) is 29.2 Å². The van der Waals surface area contributed by atoms with Crippen LogP contribution in [0.4, 0.5) is 0 Å². The normalized spacial score (nSPS) is 20.4. The Morgan fingerprint density at radius 2 is 2.04 bits per heavy atom. The molecular weight excluding hydrogens is 328 g/mol. The lowest BCUT2D eigenvalue weighted by Crippen LogP contribution is -2.39. The molecule has 1 saturated carbocycles. The summed E-state index contributed by atoms with van der Waals surface area (Å²) < 4.78 is 7.61. The van der Waals surface area contributed by atoms with Crippen molar-refractivity contribution in [3.8, 4) is 0 Å². The van der Waals surface area contributed by atoms with Crippen LogP contribution in [0.1, 0.15) is 73.6 Å². The van der Waals surface area contributed by atoms with Crippen molar-refractivity contribution >= 4 is 11.6 Å². The topological polar surface area (TPSA) is 68.5 Å². The number of aryl methyl sites for hydroxylation is 2. The third kappa shape index (κ3) is 4.41. The number of aromatic nitrogens is 3. The fraction of sp³-hybridized carbons (Fsp3) is 0.650. The zero-order chi connectivity index (χ0) is 18.5. The quantitative estimate of drug-likeness (QED) is 0.768. The predicted molar refractivity (Wildman–Crippen MR) is 101 cm³/mol. The maximum absolute atomic E-state index is 12.7. The molecule has 26 heavy (non-hydrogen) atoms. The van der Waals surface area contributed by atoms with Crippen molar-refractivity contribution in [2.24, 2.45) is 0 Å². The molecule has 2 aromatic heterocycles. The highest BCUT2D eigenvalue weighted by Crippen LogP contribution is 2.22. The van der Waals surface area contributed by atoms with Crippen molar-refractivity contribution in [1.29, 1.82) is 0 Å². The summed E-state index contributed by atoms with van der Waals surface area (Å²) in [4.78, 5) is 17.0. The minimum Gasteiger partial charge on any atom is -0.378 e. The number of amides is 1. The van der Waals surface area contributed by atoms with Crippen LogP contribution in [0.15, 0.2) is 12.3 Å². The van der Waals surface area contributed by atoms with Crippen LogP contribution in [0.2, 0.25) is 0 Å². The molecule has 1 fully saturated rings. The lowest BCUT2D eigenvalue weighted by molar-refractivity contribution is 0.0204. The molecule has 6 heteroatoms. The van der Waals surface area contributed by atoms with E-state index in [-0.39, 0.29) is 11.9 Å². The molecule has 0 bridgehead atoms. The number of unbranched alkanes of at least 4 members (excludes halogenated alkanes) is 2. The summed E-state index contributed by atoms with van der Waals surface area (Å²) in [5.74, 6) is -0.0951. The standard InChI is InChI=1S/C20H30N4O2/c1-4-5-6-11-26-17-9-7-16(8-10-17)22-20(25)18-13-21-19-14(2)12-15(3)23-24(18)19/h12-13,16-17H,4-11H2,1-3H3,(H,22,25). The van der Waals surface area contributed by atoms with Crippen LogP contribution in [0.5, 0.6) is 0 Å². The lowest BCUT2D eigenvalue weighted by atomic mass is 9.93. The summed E-state index contributed by atoms with van der Waals surface area (Å²) >= 11 is 0. The molecule has 3 rings (SSSR count). The van der Waals surface area contributed by atoms with Gasteiger partial charge in [-0.2, -0.15) is 5.10 Å². The number of nitrogens with one attached hydrogen (secondary N) is 1. The van der Waals surface area contributed by atoms with Crippen LogP contribution in [-0.4, -0.2) is 39.3 Å². The molecule has 0 radical (unpaired) electrons. The highest BCUT2D eigenvalue weighted by molar-refractivity contribution is 5.93. The van der Waals surface area contributed by atoms with Crippen LogP contribution in [0.3, 0.4) is 0 Å². The highest BCUT2D eigenvalue weighted by Gasteiger charge is 2.24. The van der Waals surface area contributed by atoms with Gasteiger partial charge >= 0.3 is 0 Å². The van der Waals surface area contributed by atoms with Crippen LogP contribution in [-0.2, 0) is 4.74 Å². The Hall–Kier alpha value is -1.95. The summed E-state index contributed by atoms with van der Waals surface area (Å²) in [5.41, 5.74) is 3.15. The van der Waals surface area contributed by atoms with Gasteiger partial charge in [0.2, 0.25) is 0 Å². The number of carbonyl (C=O) groups is 1. The molecule has 6 nitrogen and oxygen atoms in total. The van der Waals surface area contributed by atoms with E-state index in [0.29, 0.717) is 11.8 Å². The van der Waals surface area contributed by atoms with Gasteiger partial charge < -0.3 is 10.1 Å². The smallest absolute Gasteiger partial charge is 0.271 e. The Morgan fingerprint density at radius 3 is 2.77 bits per heavy atom. The van der Waals surface area contributed by atoms with Gasteiger partial charge in [0.25, 0.3) is 5.91 Å². The minimum atomic E-state index is -0.0951. The average Bonchev–Trinajstić information content (AvgIpc) is 3.04. The summed E-state index contributed by atoms with van der Waals surface area (Å²) in [6.07, 6.45) is 9.53. The first-order chi connectivity index (χ1) is 12.6. The zero-order valence-electron chi connectivity index (χ0n) is 16.1. The van der Waals surface area contributed by atoms with Gasteiger partial charge in [-0.1, -0.05) is 19.8 Å². The molecule has 2 heterocycles. The second kappa shape index (κ2) is 8.62. The van der Waals surface area contributed by atoms with Crippen molar-refractivity contribution in [3.63, 3.8) is 0 Å².